The number of carbonyl (C=O) groups is 3. The molecule has 158 valence electrons. The van der Waals surface area contributed by atoms with Crippen LogP contribution in [-0.2, 0) is 16.1 Å². The predicted octanol–water partition coefficient (Wildman–Crippen LogP) is 3.30. The van der Waals surface area contributed by atoms with Crippen LogP contribution in [0.4, 0.5) is 9.18 Å². The number of nitrogens with one attached hydrogen (secondary N) is 1. The van der Waals surface area contributed by atoms with Crippen LogP contribution in [0.1, 0.15) is 37.9 Å². The van der Waals surface area contributed by atoms with E-state index in [0.29, 0.717) is 24.4 Å². The number of likely N-dealkylation sites (N-methyl/N-ethyl adjacent to an activating group) is 1. The lowest BCUT2D eigenvalue weighted by atomic mass is 9.81. The number of benzene rings is 1. The topological polar surface area (TPSA) is 82.9 Å². The van der Waals surface area contributed by atoms with E-state index in [1.807, 2.05) is 0 Å². The number of furan rings is 1. The highest BCUT2D eigenvalue weighted by atomic mass is 19.1. The molecule has 1 aromatic carbocycles. The molecule has 30 heavy (non-hydrogen) atoms. The molecule has 4 amide bonds. The van der Waals surface area contributed by atoms with Gasteiger partial charge in [-0.05, 0) is 49.2 Å². The molecule has 1 N–H and O–H groups in total. The lowest BCUT2D eigenvalue weighted by Crippen LogP contribution is -2.49. The minimum Gasteiger partial charge on any atom is -0.459 e. The summed E-state index contributed by atoms with van der Waals surface area (Å²) in [5.74, 6) is 0.0382. The second-order valence-corrected chi connectivity index (χ2v) is 7.87. The summed E-state index contributed by atoms with van der Waals surface area (Å²) in [5, 5.41) is 2.69. The third kappa shape index (κ3) is 3.58. The van der Waals surface area contributed by atoms with Crippen molar-refractivity contribution >= 4 is 17.8 Å². The number of carbonyl (C=O) groups excluding carboxylic acids is 3. The van der Waals surface area contributed by atoms with Crippen LogP contribution < -0.4 is 5.32 Å². The highest BCUT2D eigenvalue weighted by Gasteiger charge is 2.55. The van der Waals surface area contributed by atoms with Crippen molar-refractivity contribution in [3.63, 3.8) is 0 Å². The van der Waals surface area contributed by atoms with E-state index in [9.17, 15) is 18.8 Å². The Morgan fingerprint density at radius 3 is 2.50 bits per heavy atom. The summed E-state index contributed by atoms with van der Waals surface area (Å²) in [6.45, 7) is -0.188. The van der Waals surface area contributed by atoms with Gasteiger partial charge in [-0.2, -0.15) is 0 Å². The standard InChI is InChI=1S/C22H24FN3O4/c1-25-21(29)26(20(28)22(25)11-3-2-4-12-22)14-19(27)24-13-17-9-10-18(30-17)15-5-7-16(23)8-6-15/h5-10H,2-4,11-14H2,1H3,(H,24,27). The van der Waals surface area contributed by atoms with Crippen molar-refractivity contribution in [2.45, 2.75) is 44.2 Å². The smallest absolute Gasteiger partial charge is 0.327 e. The van der Waals surface area contributed by atoms with Crippen LogP contribution in [0.25, 0.3) is 11.3 Å². The van der Waals surface area contributed by atoms with Crippen LogP contribution in [0.2, 0.25) is 0 Å². The molecule has 4 rings (SSSR count). The van der Waals surface area contributed by atoms with Gasteiger partial charge in [-0.25, -0.2) is 9.18 Å². The molecular weight excluding hydrogens is 389 g/mol. The van der Waals surface area contributed by atoms with Crippen LogP contribution in [0, 0.1) is 5.82 Å². The van der Waals surface area contributed by atoms with Crippen molar-refractivity contribution in [1.29, 1.82) is 0 Å². The molecule has 0 radical (unpaired) electrons. The van der Waals surface area contributed by atoms with Crippen LogP contribution in [0.15, 0.2) is 40.8 Å². The van der Waals surface area contributed by atoms with E-state index >= 15 is 0 Å². The van der Waals surface area contributed by atoms with Gasteiger partial charge in [0.15, 0.2) is 0 Å². The average Bonchev–Trinajstić information content (AvgIpc) is 3.29. The summed E-state index contributed by atoms with van der Waals surface area (Å²) in [5.41, 5.74) is -0.0659. The lowest BCUT2D eigenvalue weighted by Gasteiger charge is -2.35. The largest absolute Gasteiger partial charge is 0.459 e. The number of amides is 4. The van der Waals surface area contributed by atoms with Crippen molar-refractivity contribution in [3.8, 4) is 11.3 Å². The third-order valence-electron chi connectivity index (χ3n) is 6.04. The molecule has 2 heterocycles. The van der Waals surface area contributed by atoms with Gasteiger partial charge < -0.3 is 14.6 Å². The van der Waals surface area contributed by atoms with Gasteiger partial charge in [0.2, 0.25) is 5.91 Å². The normalized spacial score (nSPS) is 18.3. The molecular formula is C22H24FN3O4. The SMILES string of the molecule is CN1C(=O)N(CC(=O)NCc2ccc(-c3ccc(F)cc3)o2)C(=O)C12CCCCC2. The summed E-state index contributed by atoms with van der Waals surface area (Å²) in [4.78, 5) is 40.5. The molecule has 8 heteroatoms. The fourth-order valence-corrected chi connectivity index (χ4v) is 4.30. The summed E-state index contributed by atoms with van der Waals surface area (Å²) in [7, 11) is 1.64. The maximum absolute atomic E-state index is 13.0. The first kappa shape index (κ1) is 20.1. The van der Waals surface area contributed by atoms with E-state index in [2.05, 4.69) is 5.32 Å². The molecule has 2 aliphatic rings. The summed E-state index contributed by atoms with van der Waals surface area (Å²) >= 11 is 0. The van der Waals surface area contributed by atoms with Gasteiger partial charge in [-0.15, -0.1) is 0 Å². The van der Waals surface area contributed by atoms with E-state index in [1.54, 1.807) is 31.3 Å². The van der Waals surface area contributed by atoms with Crippen LogP contribution in [-0.4, -0.2) is 46.8 Å². The number of imide groups is 1. The second kappa shape index (κ2) is 7.93. The minimum absolute atomic E-state index is 0.122. The minimum atomic E-state index is -0.791. The molecule has 1 aliphatic heterocycles. The van der Waals surface area contributed by atoms with Crippen molar-refractivity contribution in [1.82, 2.24) is 15.1 Å². The summed E-state index contributed by atoms with van der Waals surface area (Å²) in [6.07, 6.45) is 4.15. The Balaban J connectivity index is 1.36. The van der Waals surface area contributed by atoms with E-state index in [1.165, 1.54) is 17.0 Å². The zero-order valence-electron chi connectivity index (χ0n) is 16.8. The van der Waals surface area contributed by atoms with Gasteiger partial charge in [0, 0.05) is 12.6 Å². The first-order valence-corrected chi connectivity index (χ1v) is 10.1. The van der Waals surface area contributed by atoms with Gasteiger partial charge in [-0.1, -0.05) is 19.3 Å². The fraction of sp³-hybridized carbons (Fsp3) is 0.409. The quantitative estimate of drug-likeness (QED) is 0.763. The molecule has 1 aromatic heterocycles. The van der Waals surface area contributed by atoms with Crippen molar-refractivity contribution in [2.24, 2.45) is 0 Å². The van der Waals surface area contributed by atoms with Gasteiger partial charge in [0.05, 0.1) is 6.54 Å². The summed E-state index contributed by atoms with van der Waals surface area (Å²) in [6, 6.07) is 8.95. The van der Waals surface area contributed by atoms with Gasteiger partial charge in [0.25, 0.3) is 5.91 Å². The van der Waals surface area contributed by atoms with E-state index in [4.69, 9.17) is 4.42 Å². The van der Waals surface area contributed by atoms with Crippen molar-refractivity contribution in [3.05, 3.63) is 48.0 Å². The Bertz CT molecular complexity index is 963. The molecule has 1 spiro atoms. The number of halogens is 1. The molecule has 0 atom stereocenters. The van der Waals surface area contributed by atoms with Crippen LogP contribution in [0.3, 0.4) is 0 Å². The molecule has 2 fully saturated rings. The Kier molecular flexibility index (Phi) is 5.32. The molecule has 1 saturated carbocycles. The molecule has 0 unspecified atom stereocenters. The molecule has 0 bridgehead atoms. The first-order valence-electron chi connectivity index (χ1n) is 10.1. The Morgan fingerprint density at radius 1 is 1.10 bits per heavy atom. The average molecular weight is 413 g/mol. The summed E-state index contributed by atoms with van der Waals surface area (Å²) < 4.78 is 18.7. The molecule has 1 saturated heterocycles. The fourth-order valence-electron chi connectivity index (χ4n) is 4.30. The second-order valence-electron chi connectivity index (χ2n) is 7.87. The van der Waals surface area contributed by atoms with Crippen LogP contribution in [0.5, 0.6) is 0 Å². The van der Waals surface area contributed by atoms with Crippen LogP contribution >= 0.6 is 0 Å². The van der Waals surface area contributed by atoms with Gasteiger partial charge in [0.1, 0.15) is 29.4 Å². The number of nitrogens with zero attached hydrogens (tertiary/aromatic N) is 2. The third-order valence-corrected chi connectivity index (χ3v) is 6.04. The van der Waals surface area contributed by atoms with E-state index < -0.39 is 17.5 Å². The van der Waals surface area contributed by atoms with Crippen molar-refractivity contribution in [2.75, 3.05) is 13.6 Å². The van der Waals surface area contributed by atoms with Gasteiger partial charge >= 0.3 is 6.03 Å². The Hall–Kier alpha value is -3.16. The van der Waals surface area contributed by atoms with E-state index in [-0.39, 0.29) is 24.8 Å². The zero-order valence-corrected chi connectivity index (χ0v) is 16.8. The molecule has 2 aromatic rings. The molecule has 1 aliphatic carbocycles. The Labute approximate surface area is 173 Å². The Morgan fingerprint density at radius 2 is 1.80 bits per heavy atom. The predicted molar refractivity (Wildman–Crippen MR) is 107 cm³/mol. The first-order chi connectivity index (χ1) is 14.4. The monoisotopic (exact) mass is 413 g/mol. The lowest BCUT2D eigenvalue weighted by molar-refractivity contribution is -0.137. The van der Waals surface area contributed by atoms with Crippen molar-refractivity contribution < 1.29 is 23.2 Å². The maximum Gasteiger partial charge on any atom is 0.327 e. The maximum atomic E-state index is 13.0. The highest BCUT2D eigenvalue weighted by Crippen LogP contribution is 2.39. The highest BCUT2D eigenvalue weighted by molar-refractivity contribution is 6.08. The number of rotatable bonds is 5. The number of hydrogen-bond acceptors (Lipinski definition) is 4. The zero-order chi connectivity index (χ0) is 21.3. The number of hydrogen-bond donors (Lipinski definition) is 1. The van der Waals surface area contributed by atoms with Gasteiger partial charge in [-0.3, -0.25) is 14.5 Å². The number of urea groups is 1. The van der Waals surface area contributed by atoms with E-state index in [0.717, 1.165) is 29.7 Å². The molecule has 7 nitrogen and oxygen atoms in total.